The van der Waals surface area contributed by atoms with Crippen LogP contribution in [0.3, 0.4) is 0 Å². The number of para-hydroxylation sites is 1. The van der Waals surface area contributed by atoms with Gasteiger partial charge in [0, 0.05) is 37.8 Å². The molecule has 4 nitrogen and oxygen atoms in total. The van der Waals surface area contributed by atoms with Crippen LogP contribution in [0.4, 0.5) is 0 Å². The summed E-state index contributed by atoms with van der Waals surface area (Å²) in [5.74, 6) is 0.618. The Bertz CT molecular complexity index is 596. The minimum atomic E-state index is 0.241. The summed E-state index contributed by atoms with van der Waals surface area (Å²) in [6.07, 6.45) is 3.04. The highest BCUT2D eigenvalue weighted by Gasteiger charge is 2.29. The zero-order valence-electron chi connectivity index (χ0n) is 12.5. The second-order valence-electron chi connectivity index (χ2n) is 5.78. The lowest BCUT2D eigenvalue weighted by atomic mass is 10.0. The van der Waals surface area contributed by atoms with E-state index in [9.17, 15) is 0 Å². The molecule has 21 heavy (non-hydrogen) atoms. The fourth-order valence-electron chi connectivity index (χ4n) is 3.39. The van der Waals surface area contributed by atoms with Crippen LogP contribution in [0.5, 0.6) is 0 Å². The van der Waals surface area contributed by atoms with Crippen LogP contribution >= 0.6 is 0 Å². The number of aromatic nitrogens is 1. The number of pyridine rings is 1. The van der Waals surface area contributed by atoms with Crippen molar-refractivity contribution >= 4 is 10.9 Å². The maximum atomic E-state index is 6.09. The zero-order chi connectivity index (χ0) is 14.7. The van der Waals surface area contributed by atoms with Crippen molar-refractivity contribution in [1.82, 2.24) is 9.88 Å². The maximum absolute atomic E-state index is 6.09. The average Bonchev–Trinajstić information content (AvgIpc) is 2.97. The van der Waals surface area contributed by atoms with E-state index in [2.05, 4.69) is 34.1 Å². The molecule has 2 N–H and O–H groups in total. The normalized spacial score (nSPS) is 21.0. The van der Waals surface area contributed by atoms with E-state index in [0.29, 0.717) is 12.5 Å². The molecule has 3 rings (SSSR count). The molecular weight excluding hydrogens is 262 g/mol. The summed E-state index contributed by atoms with van der Waals surface area (Å²) in [5.41, 5.74) is 8.41. The molecule has 0 bridgehead atoms. The van der Waals surface area contributed by atoms with Crippen LogP contribution in [-0.4, -0.2) is 43.2 Å². The number of methoxy groups -OCH3 is 1. The van der Waals surface area contributed by atoms with Gasteiger partial charge >= 0.3 is 0 Å². The van der Waals surface area contributed by atoms with E-state index in [1.54, 1.807) is 7.11 Å². The van der Waals surface area contributed by atoms with Crippen molar-refractivity contribution in [1.29, 1.82) is 0 Å². The highest BCUT2D eigenvalue weighted by molar-refractivity contribution is 5.82. The smallest absolute Gasteiger partial charge is 0.0750 e. The van der Waals surface area contributed by atoms with E-state index < -0.39 is 0 Å². The second kappa shape index (κ2) is 6.52. The highest BCUT2D eigenvalue weighted by atomic mass is 16.5. The Morgan fingerprint density at radius 2 is 2.24 bits per heavy atom. The van der Waals surface area contributed by atoms with Crippen molar-refractivity contribution < 1.29 is 4.74 Å². The third-order valence-corrected chi connectivity index (χ3v) is 4.41. The zero-order valence-corrected chi connectivity index (χ0v) is 12.5. The second-order valence-corrected chi connectivity index (χ2v) is 5.78. The standard InChI is InChI=1S/C17H23N3O/c1-21-12-13-7-9-20(11-13)16(10-18)15-6-2-4-14-5-3-8-19-17(14)15/h2-6,8,13,16H,7,9-12,18H2,1H3. The van der Waals surface area contributed by atoms with Crippen molar-refractivity contribution in [3.8, 4) is 0 Å². The van der Waals surface area contributed by atoms with Gasteiger partial charge in [0.1, 0.15) is 0 Å². The quantitative estimate of drug-likeness (QED) is 0.915. The SMILES string of the molecule is COCC1CCN(C(CN)c2cccc3cccnc23)C1. The van der Waals surface area contributed by atoms with Crippen molar-refractivity contribution in [2.45, 2.75) is 12.5 Å². The Hall–Kier alpha value is -1.49. The molecule has 0 aliphatic carbocycles. The third-order valence-electron chi connectivity index (χ3n) is 4.41. The predicted octanol–water partition coefficient (Wildman–Crippen LogP) is 2.20. The molecule has 1 aromatic heterocycles. The Labute approximate surface area is 125 Å². The number of nitrogens with zero attached hydrogens (tertiary/aromatic N) is 2. The first-order chi connectivity index (χ1) is 10.3. The first kappa shape index (κ1) is 14.4. The van der Waals surface area contributed by atoms with Gasteiger partial charge in [0.2, 0.25) is 0 Å². The molecule has 1 aromatic carbocycles. The summed E-state index contributed by atoms with van der Waals surface area (Å²) < 4.78 is 5.29. The number of hydrogen-bond acceptors (Lipinski definition) is 4. The van der Waals surface area contributed by atoms with Crippen LogP contribution in [0.1, 0.15) is 18.0 Å². The van der Waals surface area contributed by atoms with Crippen LogP contribution in [0.2, 0.25) is 0 Å². The summed E-state index contributed by atoms with van der Waals surface area (Å²) in [7, 11) is 1.78. The van der Waals surface area contributed by atoms with Gasteiger partial charge < -0.3 is 10.5 Å². The lowest BCUT2D eigenvalue weighted by Crippen LogP contribution is -2.32. The summed E-state index contributed by atoms with van der Waals surface area (Å²) in [6.45, 7) is 3.59. The number of hydrogen-bond donors (Lipinski definition) is 1. The van der Waals surface area contributed by atoms with E-state index in [-0.39, 0.29) is 6.04 Å². The lowest BCUT2D eigenvalue weighted by molar-refractivity contribution is 0.147. The third kappa shape index (κ3) is 2.93. The van der Waals surface area contributed by atoms with Crippen LogP contribution in [0.15, 0.2) is 36.5 Å². The number of benzene rings is 1. The van der Waals surface area contributed by atoms with Gasteiger partial charge in [0.15, 0.2) is 0 Å². The molecule has 0 amide bonds. The molecule has 2 aromatic rings. The fraction of sp³-hybridized carbons (Fsp3) is 0.471. The van der Waals surface area contributed by atoms with Crippen molar-refractivity contribution in [2.75, 3.05) is 33.4 Å². The van der Waals surface area contributed by atoms with Crippen molar-refractivity contribution in [2.24, 2.45) is 11.7 Å². The van der Waals surface area contributed by atoms with E-state index in [1.165, 1.54) is 17.4 Å². The number of fused-ring (bicyclic) bond motifs is 1. The number of likely N-dealkylation sites (tertiary alicyclic amines) is 1. The molecule has 0 radical (unpaired) electrons. The Morgan fingerprint density at radius 3 is 3.05 bits per heavy atom. The monoisotopic (exact) mass is 285 g/mol. The molecule has 0 spiro atoms. The molecule has 2 unspecified atom stereocenters. The van der Waals surface area contributed by atoms with E-state index in [1.807, 2.05) is 12.3 Å². The minimum Gasteiger partial charge on any atom is -0.384 e. The summed E-state index contributed by atoms with van der Waals surface area (Å²) >= 11 is 0. The van der Waals surface area contributed by atoms with Gasteiger partial charge in [-0.05, 0) is 30.5 Å². The van der Waals surface area contributed by atoms with Crippen molar-refractivity contribution in [3.05, 3.63) is 42.1 Å². The average molecular weight is 285 g/mol. The van der Waals surface area contributed by atoms with Crippen LogP contribution in [0, 0.1) is 5.92 Å². The Kier molecular flexibility index (Phi) is 4.48. The largest absolute Gasteiger partial charge is 0.384 e. The van der Waals surface area contributed by atoms with Crippen LogP contribution in [0.25, 0.3) is 10.9 Å². The Balaban J connectivity index is 1.89. The van der Waals surface area contributed by atoms with Gasteiger partial charge in [-0.3, -0.25) is 9.88 Å². The molecule has 1 saturated heterocycles. The molecule has 112 valence electrons. The first-order valence-electron chi connectivity index (χ1n) is 7.60. The van der Waals surface area contributed by atoms with Crippen LogP contribution < -0.4 is 5.73 Å². The van der Waals surface area contributed by atoms with E-state index in [4.69, 9.17) is 10.5 Å². The van der Waals surface area contributed by atoms with Gasteiger partial charge in [-0.1, -0.05) is 24.3 Å². The molecular formula is C17H23N3O. The first-order valence-corrected chi connectivity index (χ1v) is 7.60. The molecule has 0 saturated carbocycles. The lowest BCUT2D eigenvalue weighted by Gasteiger charge is -2.27. The highest BCUT2D eigenvalue weighted by Crippen LogP contribution is 2.30. The predicted molar refractivity (Wildman–Crippen MR) is 85.1 cm³/mol. The summed E-state index contributed by atoms with van der Waals surface area (Å²) in [5, 5.41) is 1.18. The number of ether oxygens (including phenoxy) is 1. The van der Waals surface area contributed by atoms with Gasteiger partial charge in [-0.25, -0.2) is 0 Å². The molecule has 1 fully saturated rings. The van der Waals surface area contributed by atoms with E-state index >= 15 is 0 Å². The fourth-order valence-corrected chi connectivity index (χ4v) is 3.39. The van der Waals surface area contributed by atoms with Gasteiger partial charge in [0.05, 0.1) is 12.1 Å². The summed E-state index contributed by atoms with van der Waals surface area (Å²) in [6, 6.07) is 10.7. The number of rotatable bonds is 5. The Morgan fingerprint density at radius 1 is 1.38 bits per heavy atom. The molecule has 1 aliphatic heterocycles. The molecule has 2 heterocycles. The topological polar surface area (TPSA) is 51.4 Å². The number of nitrogens with two attached hydrogens (primary N) is 1. The van der Waals surface area contributed by atoms with Gasteiger partial charge in [-0.15, -0.1) is 0 Å². The molecule has 4 heteroatoms. The van der Waals surface area contributed by atoms with Gasteiger partial charge in [-0.2, -0.15) is 0 Å². The molecule has 2 atom stereocenters. The van der Waals surface area contributed by atoms with Gasteiger partial charge in [0.25, 0.3) is 0 Å². The minimum absolute atomic E-state index is 0.241. The maximum Gasteiger partial charge on any atom is 0.0750 e. The van der Waals surface area contributed by atoms with E-state index in [0.717, 1.165) is 25.2 Å². The summed E-state index contributed by atoms with van der Waals surface area (Å²) in [4.78, 5) is 7.05. The van der Waals surface area contributed by atoms with Crippen LogP contribution in [-0.2, 0) is 4.74 Å². The van der Waals surface area contributed by atoms with Crippen molar-refractivity contribution in [3.63, 3.8) is 0 Å². The molecule has 1 aliphatic rings.